The molecule has 3 aromatic rings. The molecule has 0 aliphatic rings. The molecular formula is C12H10N2O3S. The van der Waals surface area contributed by atoms with Crippen LogP contribution >= 0.6 is 11.5 Å². The number of carbonyl (C=O) groups excluding carboxylic acids is 1. The van der Waals surface area contributed by atoms with E-state index in [1.807, 2.05) is 19.1 Å². The summed E-state index contributed by atoms with van der Waals surface area (Å²) in [5, 5.41) is 4.92. The number of carbonyl (C=O) groups is 1. The van der Waals surface area contributed by atoms with Gasteiger partial charge in [0.25, 0.3) is 0 Å². The number of esters is 1. The highest BCUT2D eigenvalue weighted by Gasteiger charge is 2.21. The molecule has 0 aliphatic heterocycles. The van der Waals surface area contributed by atoms with Crippen LogP contribution in [0.15, 0.2) is 16.5 Å². The van der Waals surface area contributed by atoms with Crippen LogP contribution in [0.1, 0.15) is 23.0 Å². The number of nitrogens with zero attached hydrogens (tertiary/aromatic N) is 2. The van der Waals surface area contributed by atoms with Crippen molar-refractivity contribution in [2.24, 2.45) is 0 Å². The lowest BCUT2D eigenvalue weighted by Crippen LogP contribution is -2.04. The summed E-state index contributed by atoms with van der Waals surface area (Å²) in [7, 11) is 0. The molecule has 0 atom stereocenters. The van der Waals surface area contributed by atoms with Crippen molar-refractivity contribution in [2.75, 3.05) is 6.61 Å². The monoisotopic (exact) mass is 262 g/mol. The van der Waals surface area contributed by atoms with Gasteiger partial charge in [0.15, 0.2) is 0 Å². The van der Waals surface area contributed by atoms with Gasteiger partial charge in [-0.3, -0.25) is 0 Å². The van der Waals surface area contributed by atoms with E-state index in [0.717, 1.165) is 21.2 Å². The van der Waals surface area contributed by atoms with Crippen LogP contribution in [-0.4, -0.2) is 22.2 Å². The van der Waals surface area contributed by atoms with Gasteiger partial charge in [0.1, 0.15) is 11.1 Å². The van der Waals surface area contributed by atoms with Gasteiger partial charge in [-0.15, -0.1) is 5.10 Å². The molecule has 6 heteroatoms. The van der Waals surface area contributed by atoms with Gasteiger partial charge in [-0.2, -0.15) is 0 Å². The highest BCUT2D eigenvalue weighted by molar-refractivity contribution is 7.13. The molecule has 3 rings (SSSR count). The topological polar surface area (TPSA) is 65.2 Å². The Balaban J connectivity index is 2.30. The van der Waals surface area contributed by atoms with E-state index in [1.165, 1.54) is 11.5 Å². The minimum Gasteiger partial charge on any atom is -0.460 e. The minimum absolute atomic E-state index is 0.243. The molecule has 0 saturated heterocycles. The summed E-state index contributed by atoms with van der Waals surface area (Å²) in [6, 6.07) is 3.72. The van der Waals surface area contributed by atoms with Gasteiger partial charge in [0.2, 0.25) is 5.76 Å². The van der Waals surface area contributed by atoms with Gasteiger partial charge in [-0.05, 0) is 37.5 Å². The molecule has 0 radical (unpaired) electrons. The second-order valence-corrected chi connectivity index (χ2v) is 4.62. The van der Waals surface area contributed by atoms with Gasteiger partial charge in [0, 0.05) is 5.56 Å². The van der Waals surface area contributed by atoms with Crippen molar-refractivity contribution in [3.05, 3.63) is 23.5 Å². The molecule has 0 spiro atoms. The molecule has 92 valence electrons. The van der Waals surface area contributed by atoms with Crippen LogP contribution in [0.3, 0.4) is 0 Å². The predicted octanol–water partition coefficient (Wildman–Crippen LogP) is 2.92. The predicted molar refractivity (Wildman–Crippen MR) is 67.9 cm³/mol. The van der Waals surface area contributed by atoms with Crippen molar-refractivity contribution in [2.45, 2.75) is 13.8 Å². The fraction of sp³-hybridized carbons (Fsp3) is 0.250. The number of furan rings is 1. The number of ether oxygens (including phenoxy) is 1. The van der Waals surface area contributed by atoms with E-state index in [9.17, 15) is 4.79 Å². The van der Waals surface area contributed by atoms with E-state index in [0.29, 0.717) is 12.2 Å². The molecule has 0 saturated carbocycles. The van der Waals surface area contributed by atoms with E-state index in [1.54, 1.807) is 6.92 Å². The zero-order chi connectivity index (χ0) is 12.7. The number of benzene rings is 1. The standard InChI is InChI=1S/C12H10N2O3S/c1-3-16-12(15)11-6(2)9-7(17-11)4-5-8-10(9)13-14-18-8/h4-5H,3H2,1-2H3. The molecule has 0 aliphatic carbocycles. The molecule has 2 aromatic heterocycles. The highest BCUT2D eigenvalue weighted by Crippen LogP contribution is 2.32. The number of aromatic nitrogens is 2. The second-order valence-electron chi connectivity index (χ2n) is 3.84. The largest absolute Gasteiger partial charge is 0.460 e. The summed E-state index contributed by atoms with van der Waals surface area (Å²) in [6.45, 7) is 3.91. The Morgan fingerprint density at radius 3 is 3.11 bits per heavy atom. The first-order valence-electron chi connectivity index (χ1n) is 5.53. The Bertz CT molecular complexity index is 744. The Kier molecular flexibility index (Phi) is 2.52. The third kappa shape index (κ3) is 1.49. The molecule has 0 N–H and O–H groups in total. The van der Waals surface area contributed by atoms with Crippen molar-refractivity contribution < 1.29 is 13.9 Å². The molecule has 2 heterocycles. The van der Waals surface area contributed by atoms with E-state index >= 15 is 0 Å². The van der Waals surface area contributed by atoms with Crippen LogP contribution in [0.5, 0.6) is 0 Å². The molecule has 0 fully saturated rings. The molecular weight excluding hydrogens is 252 g/mol. The summed E-state index contributed by atoms with van der Waals surface area (Å²) in [4.78, 5) is 11.8. The van der Waals surface area contributed by atoms with Crippen LogP contribution in [0.25, 0.3) is 21.2 Å². The Morgan fingerprint density at radius 2 is 2.33 bits per heavy atom. The molecule has 1 aromatic carbocycles. The van der Waals surface area contributed by atoms with Gasteiger partial charge in [-0.25, -0.2) is 4.79 Å². The lowest BCUT2D eigenvalue weighted by atomic mass is 10.1. The SMILES string of the molecule is CCOC(=O)c1oc2ccc3snnc3c2c1C. The van der Waals surface area contributed by atoms with E-state index in [2.05, 4.69) is 9.59 Å². The van der Waals surface area contributed by atoms with Gasteiger partial charge in [-0.1, -0.05) is 4.49 Å². The van der Waals surface area contributed by atoms with Crippen LogP contribution in [0.2, 0.25) is 0 Å². The van der Waals surface area contributed by atoms with E-state index in [-0.39, 0.29) is 5.76 Å². The van der Waals surface area contributed by atoms with Crippen LogP contribution in [-0.2, 0) is 4.74 Å². The average molecular weight is 262 g/mol. The first kappa shape index (κ1) is 11.2. The smallest absolute Gasteiger partial charge is 0.374 e. The van der Waals surface area contributed by atoms with Crippen molar-refractivity contribution in [3.63, 3.8) is 0 Å². The molecule has 0 amide bonds. The van der Waals surface area contributed by atoms with E-state index < -0.39 is 5.97 Å². The maximum atomic E-state index is 11.8. The summed E-state index contributed by atoms with van der Waals surface area (Å²) >= 11 is 1.32. The van der Waals surface area contributed by atoms with Crippen molar-refractivity contribution in [3.8, 4) is 0 Å². The quantitative estimate of drug-likeness (QED) is 0.664. The van der Waals surface area contributed by atoms with Gasteiger partial charge in [0.05, 0.1) is 16.7 Å². The Morgan fingerprint density at radius 1 is 1.50 bits per heavy atom. The van der Waals surface area contributed by atoms with Crippen molar-refractivity contribution in [1.82, 2.24) is 9.59 Å². The van der Waals surface area contributed by atoms with Crippen molar-refractivity contribution in [1.29, 1.82) is 0 Å². The number of rotatable bonds is 2. The molecule has 5 nitrogen and oxygen atoms in total. The number of aryl methyl sites for hydroxylation is 1. The fourth-order valence-electron chi connectivity index (χ4n) is 1.97. The van der Waals surface area contributed by atoms with Crippen LogP contribution < -0.4 is 0 Å². The van der Waals surface area contributed by atoms with Crippen LogP contribution in [0, 0.1) is 6.92 Å². The van der Waals surface area contributed by atoms with E-state index in [4.69, 9.17) is 9.15 Å². The van der Waals surface area contributed by atoms with Gasteiger partial charge < -0.3 is 9.15 Å². The average Bonchev–Trinajstić information content (AvgIpc) is 2.93. The third-order valence-electron chi connectivity index (χ3n) is 2.77. The summed E-state index contributed by atoms with van der Waals surface area (Å²) in [5.74, 6) is -0.199. The van der Waals surface area contributed by atoms with Crippen LogP contribution in [0.4, 0.5) is 0 Å². The minimum atomic E-state index is -0.442. The maximum absolute atomic E-state index is 11.8. The zero-order valence-corrected chi connectivity index (χ0v) is 10.7. The molecule has 18 heavy (non-hydrogen) atoms. The molecule has 0 unspecified atom stereocenters. The normalized spacial score (nSPS) is 11.2. The summed E-state index contributed by atoms with van der Waals surface area (Å²) in [5.41, 5.74) is 2.16. The number of fused-ring (bicyclic) bond motifs is 3. The fourth-order valence-corrected chi connectivity index (χ4v) is 2.54. The maximum Gasteiger partial charge on any atom is 0.374 e. The first-order valence-corrected chi connectivity index (χ1v) is 6.31. The second kappa shape index (κ2) is 4.06. The Hall–Kier alpha value is -1.95. The highest BCUT2D eigenvalue weighted by atomic mass is 32.1. The Labute approximate surface area is 107 Å². The molecule has 0 bridgehead atoms. The van der Waals surface area contributed by atoms with Crippen molar-refractivity contribution >= 4 is 38.7 Å². The third-order valence-corrected chi connectivity index (χ3v) is 3.46. The van der Waals surface area contributed by atoms with Gasteiger partial charge >= 0.3 is 5.97 Å². The first-order chi connectivity index (χ1) is 8.72. The lowest BCUT2D eigenvalue weighted by Gasteiger charge is -1.97. The zero-order valence-electron chi connectivity index (χ0n) is 9.89. The lowest BCUT2D eigenvalue weighted by molar-refractivity contribution is 0.0491. The number of hydrogen-bond donors (Lipinski definition) is 0. The number of hydrogen-bond acceptors (Lipinski definition) is 6. The summed E-state index contributed by atoms with van der Waals surface area (Å²) in [6.07, 6.45) is 0. The summed E-state index contributed by atoms with van der Waals surface area (Å²) < 4.78 is 15.4.